The molecule has 0 aromatic rings. The zero-order chi connectivity index (χ0) is 19.2. The van der Waals surface area contributed by atoms with E-state index < -0.39 is 23.3 Å². The molecular formula is C19H31NO5. The van der Waals surface area contributed by atoms with E-state index in [1.807, 2.05) is 13.8 Å². The first-order chi connectivity index (χ1) is 11.2. The fourth-order valence-electron chi connectivity index (χ4n) is 3.70. The van der Waals surface area contributed by atoms with Crippen LogP contribution in [0.3, 0.4) is 0 Å². The Kier molecular flexibility index (Phi) is 5.08. The highest BCUT2D eigenvalue weighted by Gasteiger charge is 2.49. The molecule has 6 nitrogen and oxygen atoms in total. The highest BCUT2D eigenvalue weighted by molar-refractivity contribution is 6.05. The van der Waals surface area contributed by atoms with Crippen molar-refractivity contribution >= 4 is 17.7 Å². The van der Waals surface area contributed by atoms with Gasteiger partial charge in [0.2, 0.25) is 0 Å². The van der Waals surface area contributed by atoms with E-state index in [4.69, 9.17) is 9.47 Å². The van der Waals surface area contributed by atoms with E-state index in [1.165, 1.54) is 0 Å². The summed E-state index contributed by atoms with van der Waals surface area (Å²) in [5.74, 6) is -0.717. The first-order valence-corrected chi connectivity index (χ1v) is 8.94. The van der Waals surface area contributed by atoms with Crippen LogP contribution in [-0.4, -0.2) is 46.5 Å². The van der Waals surface area contributed by atoms with Crippen LogP contribution in [0.4, 0.5) is 4.79 Å². The number of ether oxygens (including phenoxy) is 2. The molecule has 1 amide bonds. The maximum Gasteiger partial charge on any atom is 0.412 e. The van der Waals surface area contributed by atoms with Gasteiger partial charge < -0.3 is 9.47 Å². The zero-order valence-electron chi connectivity index (χ0n) is 16.5. The molecule has 0 radical (unpaired) electrons. The maximum atomic E-state index is 12.6. The number of amides is 1. The molecule has 1 aliphatic carbocycles. The van der Waals surface area contributed by atoms with Crippen LogP contribution < -0.4 is 0 Å². The van der Waals surface area contributed by atoms with E-state index >= 15 is 0 Å². The summed E-state index contributed by atoms with van der Waals surface area (Å²) < 4.78 is 11.3. The Labute approximate surface area is 150 Å². The Bertz CT molecular complexity index is 553. The van der Waals surface area contributed by atoms with E-state index in [1.54, 1.807) is 39.5 Å². The van der Waals surface area contributed by atoms with Gasteiger partial charge in [0.25, 0.3) is 0 Å². The minimum absolute atomic E-state index is 0.0323. The summed E-state index contributed by atoms with van der Waals surface area (Å²) in [6, 6.07) is -0.344. The average Bonchev–Trinajstić information content (AvgIpc) is 2.65. The van der Waals surface area contributed by atoms with Gasteiger partial charge in [0, 0.05) is 12.8 Å². The van der Waals surface area contributed by atoms with Crippen molar-refractivity contribution < 1.29 is 23.9 Å². The van der Waals surface area contributed by atoms with Gasteiger partial charge in [-0.25, -0.2) is 4.79 Å². The van der Waals surface area contributed by atoms with Crippen molar-refractivity contribution in [2.75, 3.05) is 6.61 Å². The molecule has 142 valence electrons. The van der Waals surface area contributed by atoms with Gasteiger partial charge in [0.05, 0.1) is 18.6 Å². The summed E-state index contributed by atoms with van der Waals surface area (Å²) in [7, 11) is 0. The second-order valence-corrected chi connectivity index (χ2v) is 9.50. The third-order valence-corrected chi connectivity index (χ3v) is 4.76. The molecule has 0 N–H and O–H groups in total. The van der Waals surface area contributed by atoms with E-state index in [2.05, 4.69) is 0 Å². The molecule has 1 heterocycles. The van der Waals surface area contributed by atoms with Crippen molar-refractivity contribution in [3.8, 4) is 0 Å². The first-order valence-electron chi connectivity index (χ1n) is 8.94. The molecule has 1 saturated carbocycles. The molecule has 0 bridgehead atoms. The topological polar surface area (TPSA) is 72.9 Å². The lowest BCUT2D eigenvalue weighted by Crippen LogP contribution is -2.51. The van der Waals surface area contributed by atoms with Crippen molar-refractivity contribution in [1.29, 1.82) is 0 Å². The quantitative estimate of drug-likeness (QED) is 0.712. The number of hydrogen-bond acceptors (Lipinski definition) is 5. The largest absolute Gasteiger partial charge is 0.444 e. The number of Topliss-reactive ketones (excluding diaryl/α,β-unsaturated/α-hetero) is 2. The second-order valence-electron chi connectivity index (χ2n) is 9.50. The Balaban J connectivity index is 2.16. The van der Waals surface area contributed by atoms with Gasteiger partial charge in [-0.1, -0.05) is 13.8 Å². The lowest BCUT2D eigenvalue weighted by atomic mass is 9.70. The Morgan fingerprint density at radius 3 is 2.16 bits per heavy atom. The fraction of sp³-hybridized carbons (Fsp3) is 0.842. The standard InChI is InChI=1S/C19H31NO5/c1-17(2,3)25-16(23)20-12(11-24-19(20,6)7)8-13-14(21)9-18(4,5)10-15(13)22/h12-13H,8-11H2,1-7H3/t12-/m1/s1. The number of carbonyl (C=O) groups excluding carboxylic acids is 3. The molecule has 0 aromatic carbocycles. The first kappa shape index (κ1) is 19.9. The van der Waals surface area contributed by atoms with Crippen LogP contribution in [0.5, 0.6) is 0 Å². The second kappa shape index (κ2) is 6.38. The van der Waals surface area contributed by atoms with Gasteiger partial charge in [0.15, 0.2) is 0 Å². The Hall–Kier alpha value is -1.43. The Morgan fingerprint density at radius 2 is 1.68 bits per heavy atom. The van der Waals surface area contributed by atoms with Crippen LogP contribution in [0.15, 0.2) is 0 Å². The SMILES string of the molecule is CC1(C)CC(=O)C(C[C@@H]2COC(C)(C)N2C(=O)OC(C)(C)C)C(=O)C1. The van der Waals surface area contributed by atoms with Gasteiger partial charge in [-0.05, 0) is 46.5 Å². The summed E-state index contributed by atoms with van der Waals surface area (Å²) in [5.41, 5.74) is -1.73. The number of ketones is 2. The van der Waals surface area contributed by atoms with Crippen molar-refractivity contribution in [3.05, 3.63) is 0 Å². The predicted molar refractivity (Wildman–Crippen MR) is 93.0 cm³/mol. The minimum atomic E-state index is -0.826. The molecule has 6 heteroatoms. The average molecular weight is 353 g/mol. The lowest BCUT2D eigenvalue weighted by Gasteiger charge is -2.37. The van der Waals surface area contributed by atoms with Crippen LogP contribution in [0.1, 0.15) is 67.7 Å². The molecule has 2 fully saturated rings. The summed E-state index contributed by atoms with van der Waals surface area (Å²) >= 11 is 0. The summed E-state index contributed by atoms with van der Waals surface area (Å²) in [5, 5.41) is 0. The molecular weight excluding hydrogens is 322 g/mol. The van der Waals surface area contributed by atoms with Crippen molar-refractivity contribution in [1.82, 2.24) is 4.90 Å². The molecule has 1 saturated heterocycles. The van der Waals surface area contributed by atoms with Crippen LogP contribution >= 0.6 is 0 Å². The van der Waals surface area contributed by atoms with Gasteiger partial charge in [-0.2, -0.15) is 0 Å². The molecule has 0 unspecified atom stereocenters. The van der Waals surface area contributed by atoms with Crippen LogP contribution in [0.2, 0.25) is 0 Å². The van der Waals surface area contributed by atoms with Gasteiger partial charge in [-0.3, -0.25) is 14.5 Å². The molecule has 1 atom stereocenters. The maximum absolute atomic E-state index is 12.6. The molecule has 25 heavy (non-hydrogen) atoms. The monoisotopic (exact) mass is 353 g/mol. The molecule has 0 aromatic heterocycles. The van der Waals surface area contributed by atoms with E-state index in [0.717, 1.165) is 0 Å². The third-order valence-electron chi connectivity index (χ3n) is 4.76. The van der Waals surface area contributed by atoms with Crippen LogP contribution in [-0.2, 0) is 19.1 Å². The summed E-state index contributed by atoms with van der Waals surface area (Å²) in [6.45, 7) is 13.2. The van der Waals surface area contributed by atoms with Crippen molar-refractivity contribution in [2.45, 2.75) is 85.1 Å². The third kappa shape index (κ3) is 4.60. The number of carbonyl (C=O) groups is 3. The highest BCUT2D eigenvalue weighted by Crippen LogP contribution is 2.38. The zero-order valence-corrected chi connectivity index (χ0v) is 16.5. The molecule has 0 spiro atoms. The Morgan fingerprint density at radius 1 is 1.16 bits per heavy atom. The van der Waals surface area contributed by atoms with Crippen molar-refractivity contribution in [2.24, 2.45) is 11.3 Å². The van der Waals surface area contributed by atoms with E-state index in [9.17, 15) is 14.4 Å². The highest BCUT2D eigenvalue weighted by atomic mass is 16.6. The molecule has 1 aliphatic heterocycles. The molecule has 2 rings (SSSR count). The number of rotatable bonds is 2. The normalized spacial score (nSPS) is 26.8. The summed E-state index contributed by atoms with van der Waals surface area (Å²) in [4.78, 5) is 39.1. The van der Waals surface area contributed by atoms with Gasteiger partial charge in [0.1, 0.15) is 22.9 Å². The van der Waals surface area contributed by atoms with E-state index in [0.29, 0.717) is 25.9 Å². The smallest absolute Gasteiger partial charge is 0.412 e. The van der Waals surface area contributed by atoms with Crippen LogP contribution in [0, 0.1) is 11.3 Å². The summed E-state index contributed by atoms with van der Waals surface area (Å²) in [6.07, 6.45) is 0.617. The van der Waals surface area contributed by atoms with E-state index in [-0.39, 0.29) is 23.0 Å². The van der Waals surface area contributed by atoms with Gasteiger partial charge in [-0.15, -0.1) is 0 Å². The predicted octanol–water partition coefficient (Wildman–Crippen LogP) is 3.32. The van der Waals surface area contributed by atoms with Crippen molar-refractivity contribution in [3.63, 3.8) is 0 Å². The number of nitrogens with zero attached hydrogens (tertiary/aromatic N) is 1. The fourth-order valence-corrected chi connectivity index (χ4v) is 3.70. The minimum Gasteiger partial charge on any atom is -0.444 e. The number of hydrogen-bond donors (Lipinski definition) is 0. The van der Waals surface area contributed by atoms with Crippen LogP contribution in [0.25, 0.3) is 0 Å². The van der Waals surface area contributed by atoms with Gasteiger partial charge >= 0.3 is 6.09 Å². The molecule has 2 aliphatic rings. The lowest BCUT2D eigenvalue weighted by molar-refractivity contribution is -0.140.